The second kappa shape index (κ2) is 6.86. The first-order chi connectivity index (χ1) is 7.71. The Labute approximate surface area is 98.2 Å². The van der Waals surface area contributed by atoms with Crippen molar-refractivity contribution in [1.82, 2.24) is 9.80 Å². The van der Waals surface area contributed by atoms with Gasteiger partial charge in [0.25, 0.3) is 0 Å². The number of carbonyl (C=O) groups excluding carboxylic acids is 1. The van der Waals surface area contributed by atoms with Crippen LogP contribution in [0.5, 0.6) is 0 Å². The predicted molar refractivity (Wildman–Crippen MR) is 64.2 cm³/mol. The topological polar surface area (TPSA) is 43.8 Å². The highest BCUT2D eigenvalue weighted by molar-refractivity contribution is 5.78. The van der Waals surface area contributed by atoms with E-state index < -0.39 is 0 Å². The van der Waals surface area contributed by atoms with Crippen LogP contribution in [0.1, 0.15) is 26.7 Å². The fourth-order valence-electron chi connectivity index (χ4n) is 2.20. The molecule has 0 aliphatic carbocycles. The Morgan fingerprint density at radius 3 is 2.69 bits per heavy atom. The van der Waals surface area contributed by atoms with Crippen molar-refractivity contribution >= 4 is 5.91 Å². The summed E-state index contributed by atoms with van der Waals surface area (Å²) in [7, 11) is 0. The second-order valence-corrected chi connectivity index (χ2v) is 4.53. The number of aliphatic hydroxyl groups is 1. The van der Waals surface area contributed by atoms with Crippen molar-refractivity contribution in [2.45, 2.75) is 26.7 Å². The fraction of sp³-hybridized carbons (Fsp3) is 0.917. The van der Waals surface area contributed by atoms with Gasteiger partial charge in [0.05, 0.1) is 0 Å². The van der Waals surface area contributed by atoms with Crippen molar-refractivity contribution < 1.29 is 9.90 Å². The molecule has 1 fully saturated rings. The molecule has 1 N–H and O–H groups in total. The third kappa shape index (κ3) is 3.76. The zero-order valence-electron chi connectivity index (χ0n) is 10.5. The number of nitrogens with zero attached hydrogens (tertiary/aromatic N) is 2. The van der Waals surface area contributed by atoms with Crippen LogP contribution in [0.4, 0.5) is 0 Å². The molecule has 1 aliphatic rings. The SMILES string of the molecule is CCCN(CC)CCN1CC(CO)CC1=O. The molecule has 0 aromatic carbocycles. The standard InChI is InChI=1S/C12H24N2O2/c1-3-5-13(4-2)6-7-14-9-11(10-15)8-12(14)16/h11,15H,3-10H2,1-2H3. The van der Waals surface area contributed by atoms with E-state index in [0.717, 1.165) is 39.1 Å². The summed E-state index contributed by atoms with van der Waals surface area (Å²) >= 11 is 0. The zero-order valence-corrected chi connectivity index (χ0v) is 10.5. The molecule has 1 heterocycles. The molecule has 0 saturated carbocycles. The molecule has 1 saturated heterocycles. The van der Waals surface area contributed by atoms with Gasteiger partial charge in [-0.3, -0.25) is 4.79 Å². The lowest BCUT2D eigenvalue weighted by Gasteiger charge is -2.23. The van der Waals surface area contributed by atoms with Crippen LogP contribution in [0, 0.1) is 5.92 Å². The van der Waals surface area contributed by atoms with Crippen molar-refractivity contribution in [2.24, 2.45) is 5.92 Å². The minimum Gasteiger partial charge on any atom is -0.396 e. The molecule has 1 amide bonds. The predicted octanol–water partition coefficient (Wildman–Crippen LogP) is 0.559. The molecule has 4 heteroatoms. The third-order valence-electron chi connectivity index (χ3n) is 3.23. The molecule has 1 atom stereocenters. The van der Waals surface area contributed by atoms with E-state index in [1.54, 1.807) is 0 Å². The summed E-state index contributed by atoms with van der Waals surface area (Å²) in [6.07, 6.45) is 1.68. The number of hydrogen-bond donors (Lipinski definition) is 1. The van der Waals surface area contributed by atoms with Crippen LogP contribution in [0.2, 0.25) is 0 Å². The van der Waals surface area contributed by atoms with Gasteiger partial charge in [-0.1, -0.05) is 13.8 Å². The highest BCUT2D eigenvalue weighted by Gasteiger charge is 2.28. The molecule has 0 aromatic heterocycles. The van der Waals surface area contributed by atoms with E-state index in [0.29, 0.717) is 6.42 Å². The fourth-order valence-corrected chi connectivity index (χ4v) is 2.20. The van der Waals surface area contributed by atoms with Crippen LogP contribution in [0.3, 0.4) is 0 Å². The van der Waals surface area contributed by atoms with E-state index >= 15 is 0 Å². The minimum absolute atomic E-state index is 0.134. The summed E-state index contributed by atoms with van der Waals surface area (Å²) in [5.41, 5.74) is 0. The van der Waals surface area contributed by atoms with Gasteiger partial charge in [-0.2, -0.15) is 0 Å². The smallest absolute Gasteiger partial charge is 0.223 e. The van der Waals surface area contributed by atoms with Crippen molar-refractivity contribution in [2.75, 3.05) is 39.3 Å². The van der Waals surface area contributed by atoms with Gasteiger partial charge < -0.3 is 14.9 Å². The van der Waals surface area contributed by atoms with Gasteiger partial charge in [0.15, 0.2) is 0 Å². The number of amides is 1. The lowest BCUT2D eigenvalue weighted by atomic mass is 10.1. The molecule has 0 aromatic rings. The van der Waals surface area contributed by atoms with Gasteiger partial charge in [0.2, 0.25) is 5.91 Å². The van der Waals surface area contributed by atoms with Crippen molar-refractivity contribution in [3.05, 3.63) is 0 Å². The Balaban J connectivity index is 2.29. The molecule has 0 bridgehead atoms. The largest absolute Gasteiger partial charge is 0.396 e. The van der Waals surface area contributed by atoms with Crippen molar-refractivity contribution in [3.63, 3.8) is 0 Å². The van der Waals surface area contributed by atoms with Gasteiger partial charge in [-0.05, 0) is 19.5 Å². The van der Waals surface area contributed by atoms with Crippen LogP contribution in [-0.2, 0) is 4.79 Å². The molecule has 1 aliphatic heterocycles. The van der Waals surface area contributed by atoms with Crippen LogP contribution in [-0.4, -0.2) is 60.1 Å². The molecule has 94 valence electrons. The van der Waals surface area contributed by atoms with Crippen LogP contribution in [0.25, 0.3) is 0 Å². The van der Waals surface area contributed by atoms with E-state index in [9.17, 15) is 4.79 Å². The summed E-state index contributed by atoms with van der Waals surface area (Å²) < 4.78 is 0. The first-order valence-electron chi connectivity index (χ1n) is 6.32. The molecule has 0 radical (unpaired) electrons. The first kappa shape index (κ1) is 13.5. The lowest BCUT2D eigenvalue weighted by Crippen LogP contribution is -2.36. The van der Waals surface area contributed by atoms with Gasteiger partial charge in [0.1, 0.15) is 0 Å². The summed E-state index contributed by atoms with van der Waals surface area (Å²) in [5, 5.41) is 9.02. The van der Waals surface area contributed by atoms with Crippen molar-refractivity contribution in [1.29, 1.82) is 0 Å². The van der Waals surface area contributed by atoms with E-state index in [-0.39, 0.29) is 18.4 Å². The number of likely N-dealkylation sites (tertiary alicyclic amines) is 1. The Bertz CT molecular complexity index is 221. The average molecular weight is 228 g/mol. The maximum Gasteiger partial charge on any atom is 0.223 e. The van der Waals surface area contributed by atoms with E-state index in [2.05, 4.69) is 18.7 Å². The van der Waals surface area contributed by atoms with E-state index in [1.165, 1.54) is 0 Å². The van der Waals surface area contributed by atoms with Gasteiger partial charge in [-0.25, -0.2) is 0 Å². The van der Waals surface area contributed by atoms with Crippen LogP contribution in [0.15, 0.2) is 0 Å². The number of carbonyl (C=O) groups is 1. The second-order valence-electron chi connectivity index (χ2n) is 4.53. The Hall–Kier alpha value is -0.610. The van der Waals surface area contributed by atoms with Crippen molar-refractivity contribution in [3.8, 4) is 0 Å². The summed E-state index contributed by atoms with van der Waals surface area (Å²) in [6, 6.07) is 0. The Kier molecular flexibility index (Phi) is 5.77. The lowest BCUT2D eigenvalue weighted by molar-refractivity contribution is -0.127. The van der Waals surface area contributed by atoms with Gasteiger partial charge in [-0.15, -0.1) is 0 Å². The van der Waals surface area contributed by atoms with Crippen LogP contribution >= 0.6 is 0 Å². The molecule has 16 heavy (non-hydrogen) atoms. The highest BCUT2D eigenvalue weighted by Crippen LogP contribution is 2.16. The number of aliphatic hydroxyl groups excluding tert-OH is 1. The minimum atomic E-state index is 0.134. The molecular weight excluding hydrogens is 204 g/mol. The number of hydrogen-bond acceptors (Lipinski definition) is 3. The van der Waals surface area contributed by atoms with Crippen LogP contribution < -0.4 is 0 Å². The zero-order chi connectivity index (χ0) is 12.0. The Morgan fingerprint density at radius 2 is 2.19 bits per heavy atom. The average Bonchev–Trinajstić information content (AvgIpc) is 2.65. The molecule has 1 unspecified atom stereocenters. The Morgan fingerprint density at radius 1 is 1.44 bits per heavy atom. The van der Waals surface area contributed by atoms with E-state index in [1.807, 2.05) is 4.90 Å². The monoisotopic (exact) mass is 228 g/mol. The van der Waals surface area contributed by atoms with Gasteiger partial charge in [0, 0.05) is 38.6 Å². The maximum atomic E-state index is 11.6. The maximum absolute atomic E-state index is 11.6. The summed E-state index contributed by atoms with van der Waals surface area (Å²) in [5.74, 6) is 0.361. The summed E-state index contributed by atoms with van der Waals surface area (Å²) in [4.78, 5) is 15.8. The normalized spacial score (nSPS) is 21.1. The van der Waals surface area contributed by atoms with E-state index in [4.69, 9.17) is 5.11 Å². The number of likely N-dealkylation sites (N-methyl/N-ethyl adjacent to an activating group) is 1. The summed E-state index contributed by atoms with van der Waals surface area (Å²) in [6.45, 7) is 9.09. The highest BCUT2D eigenvalue weighted by atomic mass is 16.3. The molecule has 0 spiro atoms. The molecule has 4 nitrogen and oxygen atoms in total. The molecule has 1 rings (SSSR count). The van der Waals surface area contributed by atoms with Gasteiger partial charge >= 0.3 is 0 Å². The first-order valence-corrected chi connectivity index (χ1v) is 6.32. The quantitative estimate of drug-likeness (QED) is 0.692. The number of rotatable bonds is 7. The third-order valence-corrected chi connectivity index (χ3v) is 3.23. The molecular formula is C12H24N2O2.